The maximum atomic E-state index is 2.33. The van der Waals surface area contributed by atoms with Crippen LogP contribution in [-0.4, -0.2) is 0 Å². The van der Waals surface area contributed by atoms with Gasteiger partial charge in [0.25, 0.3) is 0 Å². The van der Waals surface area contributed by atoms with Gasteiger partial charge in [-0.05, 0) is 28.6 Å². The Hall–Kier alpha value is -1.04. The zero-order chi connectivity index (χ0) is 9.47. The molecule has 2 aliphatic rings. The first-order valence-corrected chi connectivity index (χ1v) is 4.89. The predicted octanol–water partition coefficient (Wildman–Crippen LogP) is 3.79. The summed E-state index contributed by atoms with van der Waals surface area (Å²) in [6, 6.07) is 0. The summed E-state index contributed by atoms with van der Waals surface area (Å²) < 4.78 is 0. The van der Waals surface area contributed by atoms with Crippen molar-refractivity contribution in [3.05, 3.63) is 47.1 Å². The summed E-state index contributed by atoms with van der Waals surface area (Å²) in [6.45, 7) is 6.82. The Morgan fingerprint density at radius 3 is 2.62 bits per heavy atom. The number of fused-ring (bicyclic) bond motifs is 1. The Balaban J connectivity index is 2.36. The summed E-state index contributed by atoms with van der Waals surface area (Å²) in [6.07, 6.45) is 12.3. The van der Waals surface area contributed by atoms with E-state index in [0.717, 1.165) is 6.42 Å². The second kappa shape index (κ2) is 2.73. The van der Waals surface area contributed by atoms with E-state index in [2.05, 4.69) is 51.2 Å². The Bertz CT molecular complexity index is 341. The number of allylic oxidation sites excluding steroid dienone is 8. The van der Waals surface area contributed by atoms with Crippen LogP contribution >= 0.6 is 0 Å². The van der Waals surface area contributed by atoms with E-state index in [1.54, 1.807) is 0 Å². The smallest absolute Gasteiger partial charge is 0.0126 e. The average Bonchev–Trinajstić information content (AvgIpc) is 2.45. The van der Waals surface area contributed by atoms with Gasteiger partial charge in [-0.1, -0.05) is 51.2 Å². The molecule has 0 saturated carbocycles. The quantitative estimate of drug-likeness (QED) is 0.521. The van der Waals surface area contributed by atoms with Crippen LogP contribution in [0, 0.1) is 5.41 Å². The Kier molecular flexibility index (Phi) is 1.80. The van der Waals surface area contributed by atoms with Crippen LogP contribution in [0.15, 0.2) is 47.1 Å². The monoisotopic (exact) mass is 172 g/mol. The minimum Gasteiger partial charge on any atom is -0.0801 e. The van der Waals surface area contributed by atoms with Crippen LogP contribution in [0.2, 0.25) is 0 Å². The number of hydrogen-bond donors (Lipinski definition) is 0. The first kappa shape index (κ1) is 8.55. The third-order valence-corrected chi connectivity index (χ3v) is 2.59. The fourth-order valence-corrected chi connectivity index (χ4v) is 1.92. The lowest BCUT2D eigenvalue weighted by Gasteiger charge is -2.24. The minimum absolute atomic E-state index is 0.273. The van der Waals surface area contributed by atoms with Crippen molar-refractivity contribution in [1.29, 1.82) is 0 Å². The first-order valence-electron chi connectivity index (χ1n) is 4.89. The van der Waals surface area contributed by atoms with Crippen molar-refractivity contribution in [3.8, 4) is 0 Å². The van der Waals surface area contributed by atoms with Gasteiger partial charge in [0.2, 0.25) is 0 Å². The highest BCUT2D eigenvalue weighted by Gasteiger charge is 2.24. The molecule has 0 unspecified atom stereocenters. The summed E-state index contributed by atoms with van der Waals surface area (Å²) in [5.74, 6) is 0. The largest absolute Gasteiger partial charge is 0.0801 e. The van der Waals surface area contributed by atoms with Gasteiger partial charge in [0.15, 0.2) is 0 Å². The molecule has 0 fully saturated rings. The normalized spacial score (nSPS) is 20.7. The van der Waals surface area contributed by atoms with Crippen molar-refractivity contribution in [2.45, 2.75) is 27.2 Å². The Labute approximate surface area is 80.3 Å². The summed E-state index contributed by atoms with van der Waals surface area (Å²) in [7, 11) is 0. The van der Waals surface area contributed by atoms with E-state index >= 15 is 0 Å². The van der Waals surface area contributed by atoms with E-state index in [4.69, 9.17) is 0 Å². The van der Waals surface area contributed by atoms with Crippen molar-refractivity contribution in [2.24, 2.45) is 5.41 Å². The molecule has 0 aromatic rings. The summed E-state index contributed by atoms with van der Waals surface area (Å²) in [5, 5.41) is 0. The molecule has 2 rings (SSSR count). The highest BCUT2D eigenvalue weighted by molar-refractivity contribution is 5.62. The lowest BCUT2D eigenvalue weighted by molar-refractivity contribution is 0.513. The molecule has 0 bridgehead atoms. The highest BCUT2D eigenvalue weighted by atomic mass is 14.3. The van der Waals surface area contributed by atoms with Gasteiger partial charge in [-0.15, -0.1) is 0 Å². The lowest BCUT2D eigenvalue weighted by Crippen LogP contribution is -2.10. The average molecular weight is 172 g/mol. The Morgan fingerprint density at radius 1 is 1.15 bits per heavy atom. The summed E-state index contributed by atoms with van der Waals surface area (Å²) in [4.78, 5) is 0. The first-order chi connectivity index (χ1) is 6.09. The summed E-state index contributed by atoms with van der Waals surface area (Å²) in [5.41, 5.74) is 4.59. The Morgan fingerprint density at radius 2 is 1.92 bits per heavy atom. The standard InChI is InChI=1S/C13H16/c1-13(2,3)12-9-8-10-6-4-5-7-11(10)12/h4,6-9H,5H2,1-3H3. The van der Waals surface area contributed by atoms with E-state index in [1.165, 1.54) is 16.7 Å². The van der Waals surface area contributed by atoms with E-state index in [-0.39, 0.29) is 5.41 Å². The molecule has 0 aromatic carbocycles. The van der Waals surface area contributed by atoms with Gasteiger partial charge in [-0.2, -0.15) is 0 Å². The van der Waals surface area contributed by atoms with Crippen LogP contribution in [-0.2, 0) is 0 Å². The summed E-state index contributed by atoms with van der Waals surface area (Å²) >= 11 is 0. The van der Waals surface area contributed by atoms with Gasteiger partial charge < -0.3 is 0 Å². The molecule has 0 amide bonds. The van der Waals surface area contributed by atoms with Crippen molar-refractivity contribution in [1.82, 2.24) is 0 Å². The van der Waals surface area contributed by atoms with Gasteiger partial charge >= 0.3 is 0 Å². The van der Waals surface area contributed by atoms with Crippen LogP contribution < -0.4 is 0 Å². The number of hydrogen-bond acceptors (Lipinski definition) is 0. The second-order valence-electron chi connectivity index (χ2n) is 4.71. The molecule has 2 aliphatic carbocycles. The van der Waals surface area contributed by atoms with Crippen LogP contribution in [0.1, 0.15) is 27.2 Å². The molecular weight excluding hydrogens is 156 g/mol. The molecule has 0 N–H and O–H groups in total. The second-order valence-corrected chi connectivity index (χ2v) is 4.71. The van der Waals surface area contributed by atoms with Crippen molar-refractivity contribution >= 4 is 0 Å². The zero-order valence-corrected chi connectivity index (χ0v) is 8.59. The molecule has 13 heavy (non-hydrogen) atoms. The molecular formula is C13H16. The molecule has 0 heteroatoms. The van der Waals surface area contributed by atoms with Gasteiger partial charge in [-0.25, -0.2) is 0 Å². The molecule has 0 saturated heterocycles. The highest BCUT2D eigenvalue weighted by Crippen LogP contribution is 2.40. The lowest BCUT2D eigenvalue weighted by atomic mass is 9.81. The molecule has 0 spiro atoms. The zero-order valence-electron chi connectivity index (χ0n) is 8.59. The maximum absolute atomic E-state index is 2.33. The predicted molar refractivity (Wildman–Crippen MR) is 57.5 cm³/mol. The maximum Gasteiger partial charge on any atom is -0.0126 e. The van der Waals surface area contributed by atoms with Crippen LogP contribution in [0.3, 0.4) is 0 Å². The fourth-order valence-electron chi connectivity index (χ4n) is 1.92. The molecule has 0 atom stereocenters. The van der Waals surface area contributed by atoms with E-state index in [9.17, 15) is 0 Å². The van der Waals surface area contributed by atoms with Gasteiger partial charge in [0.1, 0.15) is 0 Å². The third kappa shape index (κ3) is 1.41. The number of rotatable bonds is 0. The van der Waals surface area contributed by atoms with Gasteiger partial charge in [0.05, 0.1) is 0 Å². The molecule has 0 aliphatic heterocycles. The fraction of sp³-hybridized carbons (Fsp3) is 0.385. The molecule has 0 aromatic heterocycles. The van der Waals surface area contributed by atoms with E-state index in [0.29, 0.717) is 0 Å². The van der Waals surface area contributed by atoms with Gasteiger partial charge in [0, 0.05) is 0 Å². The molecule has 0 heterocycles. The van der Waals surface area contributed by atoms with Gasteiger partial charge in [-0.3, -0.25) is 0 Å². The van der Waals surface area contributed by atoms with Crippen molar-refractivity contribution in [2.75, 3.05) is 0 Å². The van der Waals surface area contributed by atoms with E-state index in [1.807, 2.05) is 0 Å². The van der Waals surface area contributed by atoms with Crippen molar-refractivity contribution in [3.63, 3.8) is 0 Å². The van der Waals surface area contributed by atoms with Crippen LogP contribution in [0.4, 0.5) is 0 Å². The molecule has 68 valence electrons. The van der Waals surface area contributed by atoms with Crippen molar-refractivity contribution < 1.29 is 0 Å². The molecule has 0 nitrogen and oxygen atoms in total. The van der Waals surface area contributed by atoms with Crippen LogP contribution in [0.25, 0.3) is 0 Å². The van der Waals surface area contributed by atoms with Crippen LogP contribution in [0.5, 0.6) is 0 Å². The topological polar surface area (TPSA) is 0 Å². The third-order valence-electron chi connectivity index (χ3n) is 2.59. The SMILES string of the molecule is CC(C)(C)C1=CC=C2C=CCC=C21. The minimum atomic E-state index is 0.273. The molecule has 0 radical (unpaired) electrons. The van der Waals surface area contributed by atoms with E-state index < -0.39 is 0 Å².